The summed E-state index contributed by atoms with van der Waals surface area (Å²) in [6.07, 6.45) is 2.05. The molecular formula is C16H25ClN2O2S. The third-order valence-electron chi connectivity index (χ3n) is 4.06. The minimum Gasteiger partial charge on any atom is -0.497 e. The van der Waals surface area contributed by atoms with Crippen LogP contribution in [0.4, 0.5) is 0 Å². The SMILES string of the molecule is COc1ccc(SCC(=O)N2CCC(C(C)N)CC2)cc1.Cl. The van der Waals surface area contributed by atoms with E-state index >= 15 is 0 Å². The van der Waals surface area contributed by atoms with Crippen LogP contribution in [0.5, 0.6) is 5.75 Å². The maximum Gasteiger partial charge on any atom is 0.232 e. The van der Waals surface area contributed by atoms with Gasteiger partial charge in [-0.1, -0.05) is 0 Å². The van der Waals surface area contributed by atoms with Crippen molar-refractivity contribution in [3.05, 3.63) is 24.3 Å². The molecule has 1 atom stereocenters. The van der Waals surface area contributed by atoms with E-state index in [1.807, 2.05) is 29.2 Å². The average Bonchev–Trinajstić information content (AvgIpc) is 2.53. The van der Waals surface area contributed by atoms with Crippen LogP contribution in [0.2, 0.25) is 0 Å². The first-order valence-electron chi connectivity index (χ1n) is 7.40. The van der Waals surface area contributed by atoms with Crippen molar-refractivity contribution < 1.29 is 9.53 Å². The Morgan fingerprint density at radius 1 is 1.36 bits per heavy atom. The number of nitrogens with two attached hydrogens (primary N) is 1. The summed E-state index contributed by atoms with van der Waals surface area (Å²) in [5.41, 5.74) is 5.93. The number of carbonyl (C=O) groups is 1. The predicted molar refractivity (Wildman–Crippen MR) is 93.9 cm³/mol. The van der Waals surface area contributed by atoms with Crippen molar-refractivity contribution >= 4 is 30.1 Å². The van der Waals surface area contributed by atoms with Gasteiger partial charge in [0.25, 0.3) is 0 Å². The highest BCUT2D eigenvalue weighted by Crippen LogP contribution is 2.23. The number of thioether (sulfide) groups is 1. The van der Waals surface area contributed by atoms with Crippen molar-refractivity contribution in [2.24, 2.45) is 11.7 Å². The van der Waals surface area contributed by atoms with E-state index in [1.54, 1.807) is 18.9 Å². The highest BCUT2D eigenvalue weighted by Gasteiger charge is 2.24. The second-order valence-electron chi connectivity index (χ2n) is 5.54. The van der Waals surface area contributed by atoms with Gasteiger partial charge in [0, 0.05) is 24.0 Å². The lowest BCUT2D eigenvalue weighted by Crippen LogP contribution is -2.43. The van der Waals surface area contributed by atoms with Crippen molar-refractivity contribution in [3.63, 3.8) is 0 Å². The van der Waals surface area contributed by atoms with Gasteiger partial charge in [0.2, 0.25) is 5.91 Å². The highest BCUT2D eigenvalue weighted by molar-refractivity contribution is 8.00. The molecule has 0 radical (unpaired) electrons. The molecule has 0 spiro atoms. The lowest BCUT2D eigenvalue weighted by molar-refractivity contribution is -0.129. The minimum absolute atomic E-state index is 0. The molecule has 1 unspecified atom stereocenters. The second-order valence-corrected chi connectivity index (χ2v) is 6.59. The predicted octanol–water partition coefficient (Wildman–Crippen LogP) is 2.79. The molecule has 0 bridgehead atoms. The van der Waals surface area contributed by atoms with E-state index in [9.17, 15) is 4.79 Å². The third kappa shape index (κ3) is 5.38. The van der Waals surface area contributed by atoms with Gasteiger partial charge in [0.05, 0.1) is 12.9 Å². The molecule has 1 heterocycles. The fourth-order valence-electron chi connectivity index (χ4n) is 2.58. The summed E-state index contributed by atoms with van der Waals surface area (Å²) in [6, 6.07) is 8.04. The molecule has 1 amide bonds. The summed E-state index contributed by atoms with van der Waals surface area (Å²) in [4.78, 5) is 15.3. The normalized spacial score (nSPS) is 16.8. The van der Waals surface area contributed by atoms with Crippen LogP contribution in [0.1, 0.15) is 19.8 Å². The number of likely N-dealkylation sites (tertiary alicyclic amines) is 1. The molecule has 1 aromatic rings. The van der Waals surface area contributed by atoms with E-state index in [0.717, 1.165) is 36.6 Å². The Kier molecular flexibility index (Phi) is 8.07. The number of nitrogens with zero attached hydrogens (tertiary/aromatic N) is 1. The summed E-state index contributed by atoms with van der Waals surface area (Å²) in [6.45, 7) is 3.74. The topological polar surface area (TPSA) is 55.6 Å². The minimum atomic E-state index is 0. The van der Waals surface area contributed by atoms with Gasteiger partial charge in [0.1, 0.15) is 5.75 Å². The van der Waals surface area contributed by atoms with Crippen LogP contribution in [-0.2, 0) is 4.79 Å². The van der Waals surface area contributed by atoms with E-state index in [-0.39, 0.29) is 24.4 Å². The molecule has 2 rings (SSSR count). The van der Waals surface area contributed by atoms with Gasteiger partial charge in [-0.15, -0.1) is 24.2 Å². The Labute approximate surface area is 143 Å². The zero-order valence-corrected chi connectivity index (χ0v) is 14.8. The molecule has 1 aliphatic heterocycles. The van der Waals surface area contributed by atoms with E-state index in [1.165, 1.54) is 0 Å². The van der Waals surface area contributed by atoms with Crippen LogP contribution >= 0.6 is 24.2 Å². The number of piperidine rings is 1. The largest absolute Gasteiger partial charge is 0.497 e. The Bertz CT molecular complexity index is 460. The molecule has 0 saturated carbocycles. The van der Waals surface area contributed by atoms with Crippen molar-refractivity contribution in [1.29, 1.82) is 0 Å². The quantitative estimate of drug-likeness (QED) is 0.834. The number of benzene rings is 1. The number of ether oxygens (including phenoxy) is 1. The number of methoxy groups -OCH3 is 1. The van der Waals surface area contributed by atoms with Crippen LogP contribution in [0.3, 0.4) is 0 Å². The zero-order chi connectivity index (χ0) is 15.2. The maximum absolute atomic E-state index is 12.2. The van der Waals surface area contributed by atoms with Crippen molar-refractivity contribution in [1.82, 2.24) is 4.90 Å². The Morgan fingerprint density at radius 2 is 1.95 bits per heavy atom. The van der Waals surface area contributed by atoms with Gasteiger partial charge in [-0.2, -0.15) is 0 Å². The molecule has 6 heteroatoms. The summed E-state index contributed by atoms with van der Waals surface area (Å²) in [5, 5.41) is 0. The Balaban J connectivity index is 0.00000242. The lowest BCUT2D eigenvalue weighted by Gasteiger charge is -2.33. The van der Waals surface area contributed by atoms with Gasteiger partial charge in [0.15, 0.2) is 0 Å². The molecule has 0 aliphatic carbocycles. The first kappa shape index (κ1) is 19.1. The number of rotatable bonds is 5. The summed E-state index contributed by atoms with van der Waals surface area (Å²) < 4.78 is 5.12. The molecule has 1 saturated heterocycles. The number of hydrogen-bond donors (Lipinski definition) is 1. The highest BCUT2D eigenvalue weighted by atomic mass is 35.5. The zero-order valence-electron chi connectivity index (χ0n) is 13.2. The number of amides is 1. The standard InChI is InChI=1S/C16H24N2O2S.ClH/c1-12(17)13-7-9-18(10-8-13)16(19)11-21-15-5-3-14(20-2)4-6-15;/h3-6,12-13H,7-11,17H2,1-2H3;1H. The molecule has 2 N–H and O–H groups in total. The van der Waals surface area contributed by atoms with Crippen LogP contribution in [0, 0.1) is 5.92 Å². The van der Waals surface area contributed by atoms with E-state index in [4.69, 9.17) is 10.5 Å². The van der Waals surface area contributed by atoms with Gasteiger partial charge < -0.3 is 15.4 Å². The number of halogens is 1. The molecular weight excluding hydrogens is 320 g/mol. The Hall–Kier alpha value is -0.910. The van der Waals surface area contributed by atoms with Crippen molar-refractivity contribution in [2.45, 2.75) is 30.7 Å². The van der Waals surface area contributed by atoms with Crippen LogP contribution in [0.15, 0.2) is 29.2 Å². The van der Waals surface area contributed by atoms with Crippen molar-refractivity contribution in [2.75, 3.05) is 26.0 Å². The van der Waals surface area contributed by atoms with E-state index in [0.29, 0.717) is 11.7 Å². The van der Waals surface area contributed by atoms with Gasteiger partial charge in [-0.25, -0.2) is 0 Å². The fraction of sp³-hybridized carbons (Fsp3) is 0.562. The van der Waals surface area contributed by atoms with Crippen LogP contribution in [0.25, 0.3) is 0 Å². The smallest absolute Gasteiger partial charge is 0.232 e. The molecule has 1 aromatic carbocycles. The van der Waals surface area contributed by atoms with Crippen LogP contribution in [-0.4, -0.2) is 42.8 Å². The Morgan fingerprint density at radius 3 is 2.45 bits per heavy atom. The average molecular weight is 345 g/mol. The molecule has 4 nitrogen and oxygen atoms in total. The van der Waals surface area contributed by atoms with Gasteiger partial charge >= 0.3 is 0 Å². The van der Waals surface area contributed by atoms with E-state index in [2.05, 4.69) is 6.92 Å². The summed E-state index contributed by atoms with van der Waals surface area (Å²) in [5.74, 6) is 2.11. The molecule has 0 aromatic heterocycles. The van der Waals surface area contributed by atoms with E-state index < -0.39 is 0 Å². The molecule has 124 valence electrons. The molecule has 1 aliphatic rings. The lowest BCUT2D eigenvalue weighted by atomic mass is 9.91. The second kappa shape index (κ2) is 9.28. The van der Waals surface area contributed by atoms with Gasteiger partial charge in [-0.3, -0.25) is 4.79 Å². The summed E-state index contributed by atoms with van der Waals surface area (Å²) >= 11 is 1.58. The number of hydrogen-bond acceptors (Lipinski definition) is 4. The number of carbonyl (C=O) groups excluding carboxylic acids is 1. The molecule has 1 fully saturated rings. The van der Waals surface area contributed by atoms with Crippen LogP contribution < -0.4 is 10.5 Å². The van der Waals surface area contributed by atoms with Crippen molar-refractivity contribution in [3.8, 4) is 5.75 Å². The summed E-state index contributed by atoms with van der Waals surface area (Å²) in [7, 11) is 1.65. The molecule has 22 heavy (non-hydrogen) atoms. The maximum atomic E-state index is 12.2. The first-order chi connectivity index (χ1) is 10.1. The fourth-order valence-corrected chi connectivity index (χ4v) is 3.38. The third-order valence-corrected chi connectivity index (χ3v) is 5.05. The van der Waals surface area contributed by atoms with Gasteiger partial charge in [-0.05, 0) is 49.9 Å². The monoisotopic (exact) mass is 344 g/mol. The first-order valence-corrected chi connectivity index (χ1v) is 8.39.